The zero-order chi connectivity index (χ0) is 17.5. The second kappa shape index (κ2) is 8.84. The monoisotopic (exact) mass is 350 g/mol. The van der Waals surface area contributed by atoms with Crippen LogP contribution in [0.4, 0.5) is 0 Å². The third-order valence-corrected chi connectivity index (χ3v) is 4.73. The molecule has 0 aromatic heterocycles. The van der Waals surface area contributed by atoms with Gasteiger partial charge in [0.25, 0.3) is 0 Å². The minimum atomic E-state index is -0.953. The smallest absolute Gasteiger partial charge is 0.335 e. The van der Waals surface area contributed by atoms with Gasteiger partial charge in [-0.2, -0.15) is 0 Å². The summed E-state index contributed by atoms with van der Waals surface area (Å²) in [5, 5.41) is 12.6. The van der Waals surface area contributed by atoms with Gasteiger partial charge in [-0.25, -0.2) is 9.79 Å². The first kappa shape index (κ1) is 18.5. The molecule has 1 aliphatic rings. The average Bonchev–Trinajstić information content (AvgIpc) is 2.94. The Balaban J connectivity index is 1.91. The summed E-state index contributed by atoms with van der Waals surface area (Å²) in [6.07, 6.45) is 1.61. The first-order chi connectivity index (χ1) is 11.5. The van der Waals surface area contributed by atoms with E-state index >= 15 is 0 Å². The number of hydrogen-bond acceptors (Lipinski definition) is 5. The molecule has 2 atom stereocenters. The average molecular weight is 350 g/mol. The van der Waals surface area contributed by atoms with E-state index in [0.29, 0.717) is 6.54 Å². The van der Waals surface area contributed by atoms with Crippen LogP contribution in [0.2, 0.25) is 0 Å². The lowest BCUT2D eigenvalue weighted by molar-refractivity contribution is -0.127. The van der Waals surface area contributed by atoms with Crippen LogP contribution in [-0.2, 0) is 9.53 Å². The molecule has 1 aromatic rings. The lowest BCUT2D eigenvalue weighted by Crippen LogP contribution is -2.31. The van der Waals surface area contributed by atoms with E-state index in [-0.39, 0.29) is 29.6 Å². The summed E-state index contributed by atoms with van der Waals surface area (Å²) < 4.78 is 5.61. The van der Waals surface area contributed by atoms with Crippen molar-refractivity contribution in [3.8, 4) is 0 Å². The molecular weight excluding hydrogens is 328 g/mol. The van der Waals surface area contributed by atoms with Crippen molar-refractivity contribution in [2.24, 2.45) is 4.99 Å². The molecule has 1 amide bonds. The number of thioether (sulfide) groups is 1. The van der Waals surface area contributed by atoms with Gasteiger partial charge in [0.15, 0.2) is 6.23 Å². The van der Waals surface area contributed by atoms with Crippen molar-refractivity contribution in [3.05, 3.63) is 35.4 Å². The van der Waals surface area contributed by atoms with E-state index in [0.717, 1.165) is 23.4 Å². The van der Waals surface area contributed by atoms with E-state index in [4.69, 9.17) is 9.84 Å². The van der Waals surface area contributed by atoms with Gasteiger partial charge < -0.3 is 15.2 Å². The molecule has 1 aromatic carbocycles. The number of nitrogens with one attached hydrogen (secondary N) is 1. The zero-order valence-corrected chi connectivity index (χ0v) is 14.6. The van der Waals surface area contributed by atoms with Gasteiger partial charge in [0, 0.05) is 12.1 Å². The van der Waals surface area contributed by atoms with Crippen LogP contribution in [0.1, 0.15) is 42.6 Å². The van der Waals surface area contributed by atoms with Crippen LogP contribution in [0.15, 0.2) is 29.3 Å². The van der Waals surface area contributed by atoms with E-state index in [1.54, 1.807) is 36.0 Å². The van der Waals surface area contributed by atoms with Gasteiger partial charge in [-0.3, -0.25) is 4.79 Å². The molecular formula is C17H22N2O4S. The molecule has 2 unspecified atom stereocenters. The Morgan fingerprint density at radius 1 is 1.33 bits per heavy atom. The third kappa shape index (κ3) is 5.07. The highest BCUT2D eigenvalue weighted by Crippen LogP contribution is 2.30. The number of carbonyl (C=O) groups excluding carboxylic acids is 1. The second-order valence-corrected chi connectivity index (χ2v) is 6.91. The highest BCUT2D eigenvalue weighted by Gasteiger charge is 2.28. The molecule has 130 valence electrons. The fraction of sp³-hybridized carbons (Fsp3) is 0.471. The van der Waals surface area contributed by atoms with Crippen LogP contribution in [0.5, 0.6) is 0 Å². The zero-order valence-electron chi connectivity index (χ0n) is 13.8. The molecule has 6 nitrogen and oxygen atoms in total. The fourth-order valence-electron chi connectivity index (χ4n) is 2.17. The Hall–Kier alpha value is -1.86. The van der Waals surface area contributed by atoms with Crippen molar-refractivity contribution in [3.63, 3.8) is 0 Å². The number of ether oxygens (including phenoxy) is 1. The first-order valence-electron chi connectivity index (χ1n) is 7.97. The van der Waals surface area contributed by atoms with E-state index < -0.39 is 5.97 Å². The molecule has 0 aliphatic carbocycles. The number of carboxylic acid groups (broad SMARTS) is 1. The summed E-state index contributed by atoms with van der Waals surface area (Å²) in [7, 11) is 0. The predicted molar refractivity (Wildman–Crippen MR) is 94.6 cm³/mol. The minimum absolute atomic E-state index is 0.00594. The van der Waals surface area contributed by atoms with Crippen LogP contribution in [-0.4, -0.2) is 46.7 Å². The van der Waals surface area contributed by atoms with Crippen molar-refractivity contribution in [1.82, 2.24) is 5.32 Å². The van der Waals surface area contributed by atoms with Gasteiger partial charge in [0.1, 0.15) is 11.7 Å². The number of aliphatic imine (C=N–C) groups is 1. The Labute approximate surface area is 145 Å². The van der Waals surface area contributed by atoms with Crippen LogP contribution in [0.25, 0.3) is 0 Å². The van der Waals surface area contributed by atoms with Crippen LogP contribution < -0.4 is 5.32 Å². The molecule has 1 heterocycles. The maximum absolute atomic E-state index is 11.7. The number of nitrogens with zero attached hydrogens (tertiary/aromatic N) is 1. The van der Waals surface area contributed by atoms with Crippen LogP contribution >= 0.6 is 11.8 Å². The highest BCUT2D eigenvalue weighted by atomic mass is 32.2. The molecule has 24 heavy (non-hydrogen) atoms. The lowest BCUT2D eigenvalue weighted by atomic mass is 10.1. The maximum Gasteiger partial charge on any atom is 0.335 e. The fourth-order valence-corrected chi connectivity index (χ4v) is 3.22. The topological polar surface area (TPSA) is 88.0 Å². The highest BCUT2D eigenvalue weighted by molar-refractivity contribution is 8.15. The molecule has 2 N–H and O–H groups in total. The van der Waals surface area contributed by atoms with Crippen molar-refractivity contribution < 1.29 is 19.4 Å². The molecule has 7 heteroatoms. The quantitative estimate of drug-likeness (QED) is 0.704. The van der Waals surface area contributed by atoms with Crippen molar-refractivity contribution >= 4 is 28.7 Å². The maximum atomic E-state index is 11.7. The minimum Gasteiger partial charge on any atom is -0.478 e. The number of rotatable bonds is 8. The van der Waals surface area contributed by atoms with E-state index in [9.17, 15) is 9.59 Å². The van der Waals surface area contributed by atoms with E-state index in [1.165, 1.54) is 0 Å². The molecule has 0 spiro atoms. The number of carboxylic acids is 1. The Kier molecular flexibility index (Phi) is 6.81. The van der Waals surface area contributed by atoms with Crippen molar-refractivity contribution in [1.29, 1.82) is 0 Å². The SMILES string of the molecule is CCCCNC(=O)COC1N=C(c2ccc(C(=O)O)cc2)SC1C. The Morgan fingerprint density at radius 2 is 2.04 bits per heavy atom. The number of benzene rings is 1. The molecule has 0 saturated heterocycles. The van der Waals surface area contributed by atoms with Gasteiger partial charge in [-0.1, -0.05) is 37.2 Å². The number of unbranched alkanes of at least 4 members (excludes halogenated alkanes) is 1. The van der Waals surface area contributed by atoms with Crippen molar-refractivity contribution in [2.75, 3.05) is 13.2 Å². The summed E-state index contributed by atoms with van der Waals surface area (Å²) in [6.45, 7) is 4.72. The lowest BCUT2D eigenvalue weighted by Gasteiger charge is -2.13. The Bertz CT molecular complexity index is 616. The number of amides is 1. The summed E-state index contributed by atoms with van der Waals surface area (Å²) in [4.78, 5) is 27.1. The second-order valence-electron chi connectivity index (χ2n) is 5.54. The molecule has 0 radical (unpaired) electrons. The number of carbonyl (C=O) groups is 2. The summed E-state index contributed by atoms with van der Waals surface area (Å²) in [6, 6.07) is 6.59. The van der Waals surface area contributed by atoms with E-state index in [1.807, 2.05) is 6.92 Å². The van der Waals surface area contributed by atoms with Gasteiger partial charge in [0.05, 0.1) is 10.8 Å². The number of aromatic carboxylic acids is 1. The van der Waals surface area contributed by atoms with Gasteiger partial charge in [-0.05, 0) is 25.5 Å². The van der Waals surface area contributed by atoms with E-state index in [2.05, 4.69) is 17.2 Å². The summed E-state index contributed by atoms with van der Waals surface area (Å²) in [5.41, 5.74) is 1.10. The van der Waals surface area contributed by atoms with Crippen molar-refractivity contribution in [2.45, 2.75) is 38.2 Å². The van der Waals surface area contributed by atoms with Gasteiger partial charge in [-0.15, -0.1) is 0 Å². The van der Waals surface area contributed by atoms with Crippen LogP contribution in [0, 0.1) is 0 Å². The Morgan fingerprint density at radius 3 is 2.67 bits per heavy atom. The third-order valence-electron chi connectivity index (χ3n) is 3.56. The molecule has 1 aliphatic heterocycles. The summed E-state index contributed by atoms with van der Waals surface area (Å²) in [5.74, 6) is -1.08. The van der Waals surface area contributed by atoms with Crippen LogP contribution in [0.3, 0.4) is 0 Å². The first-order valence-corrected chi connectivity index (χ1v) is 8.85. The predicted octanol–water partition coefficient (Wildman–Crippen LogP) is 2.53. The van der Waals surface area contributed by atoms with Gasteiger partial charge in [0.2, 0.25) is 5.91 Å². The largest absolute Gasteiger partial charge is 0.478 e. The normalized spacial score (nSPS) is 19.8. The molecule has 0 saturated carbocycles. The summed E-state index contributed by atoms with van der Waals surface area (Å²) >= 11 is 1.56. The molecule has 0 bridgehead atoms. The number of hydrogen-bond donors (Lipinski definition) is 2. The van der Waals surface area contributed by atoms with Gasteiger partial charge >= 0.3 is 5.97 Å². The standard InChI is InChI=1S/C17H22N2O4S/c1-3-4-9-18-14(20)10-23-15-11(2)24-16(19-15)12-5-7-13(8-6-12)17(21)22/h5-8,11,15H,3-4,9-10H2,1-2H3,(H,18,20)(H,21,22). The molecule has 2 rings (SSSR count). The molecule has 0 fully saturated rings.